The molecule has 0 aliphatic carbocycles. The molecule has 91 heavy (non-hydrogen) atoms. The summed E-state index contributed by atoms with van der Waals surface area (Å²) in [5.74, 6) is -2.03. The average Bonchev–Trinajstić information content (AvgIpc) is 3.46. The van der Waals surface area contributed by atoms with Crippen LogP contribution in [0.25, 0.3) is 0 Å². The Morgan fingerprint density at radius 2 is 0.626 bits per heavy atom. The Labute approximate surface area is 560 Å². The first kappa shape index (κ1) is 86.4. The zero-order valence-corrected chi connectivity index (χ0v) is 59.5. The van der Waals surface area contributed by atoms with E-state index in [2.05, 4.69) is 148 Å². The summed E-state index contributed by atoms with van der Waals surface area (Å²) in [6.07, 6.45) is 100. The van der Waals surface area contributed by atoms with Gasteiger partial charge in [0.05, 0.1) is 34.4 Å². The van der Waals surface area contributed by atoms with Crippen LogP contribution < -0.4 is 0 Å². The summed E-state index contributed by atoms with van der Waals surface area (Å²) in [4.78, 5) is 37.7. The van der Waals surface area contributed by atoms with Crippen molar-refractivity contribution in [3.05, 3.63) is 134 Å². The van der Waals surface area contributed by atoms with Gasteiger partial charge in [0, 0.05) is 12.8 Å². The highest BCUT2D eigenvalue weighted by molar-refractivity contribution is 5.71. The number of esters is 2. The highest BCUT2D eigenvalue weighted by atomic mass is 16.7. The number of likely N-dealkylation sites (N-methyl/N-ethyl adjacent to an activating group) is 1. The fourth-order valence-corrected chi connectivity index (χ4v) is 10.3. The number of carbonyl (C=O) groups is 3. The standard InChI is InChI=1S/C82H139NO8/c1-6-8-10-12-14-16-18-20-22-24-26-28-30-32-34-35-36-37-38-39-40-41-42-43-44-45-47-49-51-53-55-57-59-61-63-65-67-69-71-73-80(85)91-78(77-90-82(81(86)87)88-75-74-83(3,4)5)76-89-79(84)72-70-68-66-64-62-60-58-56-54-52-50-48-46-33-31-29-27-25-23-21-19-17-15-13-11-9-7-2/h8,10,14,16,20,22,26,28,32,34,36-37,39-40,42-43,45,47,51,53,57,59,78,82H,6-7,9,11-13,15,17-19,21,23-25,27,29-31,33,35,38,41,44,46,48-50,52,54-56,58,60-77H2,1-5H3/p+1/b10-8-,16-14-,22-20-,28-26-,34-32-,37-36-,40-39-,43-42-,47-45-,53-51-,59-57-. The van der Waals surface area contributed by atoms with E-state index < -0.39 is 24.3 Å². The van der Waals surface area contributed by atoms with E-state index in [1.54, 1.807) is 0 Å². The molecule has 0 radical (unpaired) electrons. The lowest BCUT2D eigenvalue weighted by Gasteiger charge is -2.25. The number of nitrogens with zero attached hydrogens (tertiary/aromatic N) is 1. The van der Waals surface area contributed by atoms with Gasteiger partial charge in [-0.3, -0.25) is 9.59 Å². The van der Waals surface area contributed by atoms with Gasteiger partial charge in [-0.25, -0.2) is 4.79 Å². The molecule has 0 spiro atoms. The summed E-state index contributed by atoms with van der Waals surface area (Å²) >= 11 is 0. The molecule has 9 nitrogen and oxygen atoms in total. The summed E-state index contributed by atoms with van der Waals surface area (Å²) in [5, 5.41) is 9.76. The predicted molar refractivity (Wildman–Crippen MR) is 391 cm³/mol. The Morgan fingerprint density at radius 3 is 0.934 bits per heavy atom. The van der Waals surface area contributed by atoms with Gasteiger partial charge in [-0.05, 0) is 96.3 Å². The highest BCUT2D eigenvalue weighted by Crippen LogP contribution is 2.18. The van der Waals surface area contributed by atoms with Crippen molar-refractivity contribution in [1.29, 1.82) is 0 Å². The van der Waals surface area contributed by atoms with E-state index in [9.17, 15) is 19.5 Å². The van der Waals surface area contributed by atoms with Gasteiger partial charge < -0.3 is 28.5 Å². The summed E-state index contributed by atoms with van der Waals surface area (Å²) in [5.41, 5.74) is 0. The minimum atomic E-state index is -1.52. The Morgan fingerprint density at radius 1 is 0.341 bits per heavy atom. The highest BCUT2D eigenvalue weighted by Gasteiger charge is 2.25. The van der Waals surface area contributed by atoms with E-state index in [-0.39, 0.29) is 32.2 Å². The van der Waals surface area contributed by atoms with Crippen LogP contribution in [0.5, 0.6) is 0 Å². The zero-order chi connectivity index (χ0) is 66.1. The second-order valence-corrected chi connectivity index (χ2v) is 25.9. The minimum absolute atomic E-state index is 0.179. The number of unbranched alkanes of at least 4 members (excludes halogenated alkanes) is 31. The first-order valence-corrected chi connectivity index (χ1v) is 37.3. The van der Waals surface area contributed by atoms with E-state index in [1.165, 1.54) is 154 Å². The molecule has 520 valence electrons. The monoisotopic (exact) mass is 1270 g/mol. The Kier molecular flexibility index (Phi) is 67.7. The number of rotatable bonds is 68. The van der Waals surface area contributed by atoms with Crippen molar-refractivity contribution in [3.63, 3.8) is 0 Å². The normalized spacial score (nSPS) is 13.5. The molecule has 0 rings (SSSR count). The first-order chi connectivity index (χ1) is 44.6. The molecule has 0 saturated heterocycles. The Balaban J connectivity index is 4.18. The van der Waals surface area contributed by atoms with E-state index in [1.807, 2.05) is 21.1 Å². The van der Waals surface area contributed by atoms with Crippen LogP contribution in [0, 0.1) is 0 Å². The SMILES string of the molecule is CC/C=C\C/C=C\C/C=C\C/C=C\C/C=C\C/C=C\C/C=C\C/C=C\C/C=C\C/C=C\C/C=C\CCCCCCCC(=O)OC(COC(=O)CCCCCCCCCCCCCCCCCCCCCCCCCCCCC)COC(OCC[N+](C)(C)C)C(=O)O. The molecule has 0 fully saturated rings. The Hall–Kier alpha value is -4.57. The second-order valence-electron chi connectivity index (χ2n) is 25.9. The number of quaternary nitrogens is 1. The molecular weight excluding hydrogens is 1130 g/mol. The maximum absolute atomic E-state index is 13.0. The molecule has 0 aliphatic rings. The van der Waals surface area contributed by atoms with Gasteiger partial charge in [-0.1, -0.05) is 334 Å². The van der Waals surface area contributed by atoms with E-state index >= 15 is 0 Å². The van der Waals surface area contributed by atoms with Crippen molar-refractivity contribution in [3.8, 4) is 0 Å². The molecule has 0 heterocycles. The van der Waals surface area contributed by atoms with Crippen molar-refractivity contribution in [2.45, 2.75) is 322 Å². The maximum Gasteiger partial charge on any atom is 0.361 e. The lowest BCUT2D eigenvalue weighted by Crippen LogP contribution is -2.40. The van der Waals surface area contributed by atoms with Crippen LogP contribution >= 0.6 is 0 Å². The fourth-order valence-electron chi connectivity index (χ4n) is 10.3. The molecule has 2 atom stereocenters. The number of hydrogen-bond donors (Lipinski definition) is 1. The van der Waals surface area contributed by atoms with Gasteiger partial charge in [-0.15, -0.1) is 0 Å². The minimum Gasteiger partial charge on any atom is -0.477 e. The summed E-state index contributed by atoms with van der Waals surface area (Å²) < 4.78 is 23.0. The largest absolute Gasteiger partial charge is 0.477 e. The molecular formula is C82H140NO8+. The van der Waals surface area contributed by atoms with E-state index in [0.717, 1.165) is 122 Å². The van der Waals surface area contributed by atoms with Crippen molar-refractivity contribution in [2.24, 2.45) is 0 Å². The van der Waals surface area contributed by atoms with Crippen molar-refractivity contribution in [2.75, 3.05) is 47.5 Å². The lowest BCUT2D eigenvalue weighted by atomic mass is 10.0. The number of carboxylic acid groups (broad SMARTS) is 1. The summed E-state index contributed by atoms with van der Waals surface area (Å²) in [6, 6.07) is 0. The first-order valence-electron chi connectivity index (χ1n) is 37.3. The molecule has 0 amide bonds. The molecule has 0 bridgehead atoms. The van der Waals surface area contributed by atoms with Gasteiger partial charge in [-0.2, -0.15) is 0 Å². The third kappa shape index (κ3) is 72.7. The number of aliphatic carboxylic acids is 1. The van der Waals surface area contributed by atoms with Crippen LogP contribution in [0.15, 0.2) is 134 Å². The average molecular weight is 1270 g/mol. The van der Waals surface area contributed by atoms with Gasteiger partial charge >= 0.3 is 17.9 Å². The van der Waals surface area contributed by atoms with Crippen LogP contribution in [0.4, 0.5) is 0 Å². The Bertz CT molecular complexity index is 1960. The zero-order valence-electron chi connectivity index (χ0n) is 59.5. The van der Waals surface area contributed by atoms with Crippen LogP contribution in [-0.2, 0) is 33.3 Å². The smallest absolute Gasteiger partial charge is 0.361 e. The number of carboxylic acids is 1. The molecule has 0 aromatic rings. The second kappa shape index (κ2) is 71.3. The van der Waals surface area contributed by atoms with Gasteiger partial charge in [0.25, 0.3) is 6.29 Å². The van der Waals surface area contributed by atoms with Crippen LogP contribution in [-0.4, -0.2) is 87.4 Å². The van der Waals surface area contributed by atoms with E-state index in [0.29, 0.717) is 23.9 Å². The molecule has 2 unspecified atom stereocenters. The van der Waals surface area contributed by atoms with Crippen LogP contribution in [0.2, 0.25) is 0 Å². The molecule has 0 aromatic heterocycles. The predicted octanol–water partition coefficient (Wildman–Crippen LogP) is 23.7. The maximum atomic E-state index is 13.0. The molecule has 9 heteroatoms. The van der Waals surface area contributed by atoms with Crippen molar-refractivity contribution in [1.82, 2.24) is 0 Å². The molecule has 0 saturated carbocycles. The molecule has 1 N–H and O–H groups in total. The van der Waals surface area contributed by atoms with E-state index in [4.69, 9.17) is 18.9 Å². The summed E-state index contributed by atoms with van der Waals surface area (Å²) in [6.45, 7) is 4.77. The van der Waals surface area contributed by atoms with Crippen molar-refractivity contribution < 1.29 is 42.9 Å². The summed E-state index contributed by atoms with van der Waals surface area (Å²) in [7, 11) is 5.97. The fraction of sp³-hybridized carbons (Fsp3) is 0.695. The topological polar surface area (TPSA) is 108 Å². The van der Waals surface area contributed by atoms with Crippen molar-refractivity contribution >= 4 is 17.9 Å². The number of carbonyl (C=O) groups excluding carboxylic acids is 2. The number of allylic oxidation sites excluding steroid dienone is 22. The third-order valence-electron chi connectivity index (χ3n) is 15.9. The molecule has 0 aliphatic heterocycles. The number of ether oxygens (including phenoxy) is 4. The quantitative estimate of drug-likeness (QED) is 0.0211. The third-order valence-corrected chi connectivity index (χ3v) is 15.9. The van der Waals surface area contributed by atoms with Crippen LogP contribution in [0.3, 0.4) is 0 Å². The lowest BCUT2D eigenvalue weighted by molar-refractivity contribution is -0.870. The van der Waals surface area contributed by atoms with Crippen LogP contribution in [0.1, 0.15) is 309 Å². The van der Waals surface area contributed by atoms with Gasteiger partial charge in [0.15, 0.2) is 6.10 Å². The van der Waals surface area contributed by atoms with Gasteiger partial charge in [0.2, 0.25) is 0 Å². The van der Waals surface area contributed by atoms with Gasteiger partial charge in [0.1, 0.15) is 13.2 Å². The molecule has 0 aromatic carbocycles. The number of hydrogen-bond acceptors (Lipinski definition) is 7.